The summed E-state index contributed by atoms with van der Waals surface area (Å²) in [5, 5.41) is 9.32. The Bertz CT molecular complexity index is 353. The molecule has 1 aromatic rings. The monoisotopic (exact) mass is 236 g/mol. The lowest BCUT2D eigenvalue weighted by molar-refractivity contribution is 0.135. The predicted molar refractivity (Wildman–Crippen MR) is 68.7 cm³/mol. The van der Waals surface area contributed by atoms with Crippen LogP contribution in [-0.4, -0.2) is 56.4 Å². The van der Waals surface area contributed by atoms with E-state index in [2.05, 4.69) is 29.0 Å². The largest absolute Gasteiger partial charge is 0.497 e. The van der Waals surface area contributed by atoms with Gasteiger partial charge in [0.2, 0.25) is 0 Å². The number of methoxy groups -OCH3 is 1. The zero-order chi connectivity index (χ0) is 12.3. The van der Waals surface area contributed by atoms with Crippen molar-refractivity contribution in [1.82, 2.24) is 4.90 Å². The van der Waals surface area contributed by atoms with E-state index in [4.69, 9.17) is 4.74 Å². The number of anilines is 1. The third-order valence-corrected chi connectivity index (χ3v) is 3.43. The van der Waals surface area contributed by atoms with Gasteiger partial charge < -0.3 is 14.7 Å². The molecule has 0 radical (unpaired) electrons. The van der Waals surface area contributed by atoms with E-state index in [1.54, 1.807) is 7.11 Å². The van der Waals surface area contributed by atoms with Crippen LogP contribution in [0.1, 0.15) is 0 Å². The Kier molecular flexibility index (Phi) is 3.86. The molecule has 1 atom stereocenters. The van der Waals surface area contributed by atoms with E-state index in [1.807, 2.05) is 12.1 Å². The van der Waals surface area contributed by atoms with Crippen LogP contribution < -0.4 is 9.64 Å². The molecule has 4 heteroatoms. The topological polar surface area (TPSA) is 35.9 Å². The lowest BCUT2D eigenvalue weighted by atomic mass is 10.1. The van der Waals surface area contributed by atoms with Crippen molar-refractivity contribution in [3.63, 3.8) is 0 Å². The number of aliphatic hydroxyl groups excluding tert-OH is 1. The summed E-state index contributed by atoms with van der Waals surface area (Å²) in [4.78, 5) is 4.51. The highest BCUT2D eigenvalue weighted by molar-refractivity contribution is 5.49. The third kappa shape index (κ3) is 2.70. The van der Waals surface area contributed by atoms with Crippen molar-refractivity contribution >= 4 is 5.69 Å². The fourth-order valence-corrected chi connectivity index (χ4v) is 2.17. The maximum Gasteiger partial charge on any atom is 0.119 e. The maximum absolute atomic E-state index is 9.32. The summed E-state index contributed by atoms with van der Waals surface area (Å²) in [5.41, 5.74) is 1.19. The van der Waals surface area contributed by atoms with Gasteiger partial charge in [0.1, 0.15) is 5.75 Å². The summed E-state index contributed by atoms with van der Waals surface area (Å²) in [6.45, 7) is 3.07. The Labute approximate surface area is 102 Å². The summed E-state index contributed by atoms with van der Waals surface area (Å²) < 4.78 is 5.15. The van der Waals surface area contributed by atoms with Gasteiger partial charge in [-0.1, -0.05) is 0 Å². The third-order valence-electron chi connectivity index (χ3n) is 3.43. The van der Waals surface area contributed by atoms with Gasteiger partial charge in [-0.15, -0.1) is 0 Å². The first-order valence-corrected chi connectivity index (χ1v) is 5.94. The fourth-order valence-electron chi connectivity index (χ4n) is 2.17. The summed E-state index contributed by atoms with van der Waals surface area (Å²) in [5.74, 6) is 0.876. The molecule has 0 aliphatic carbocycles. The minimum Gasteiger partial charge on any atom is -0.497 e. The highest BCUT2D eigenvalue weighted by Gasteiger charge is 2.23. The van der Waals surface area contributed by atoms with Crippen molar-refractivity contribution in [1.29, 1.82) is 0 Å². The number of aliphatic hydroxyl groups is 1. The molecular weight excluding hydrogens is 216 g/mol. The van der Waals surface area contributed by atoms with Crippen molar-refractivity contribution < 1.29 is 9.84 Å². The number of ether oxygens (including phenoxy) is 1. The number of hydrogen-bond donors (Lipinski definition) is 1. The highest BCUT2D eigenvalue weighted by Crippen LogP contribution is 2.21. The summed E-state index contributed by atoms with van der Waals surface area (Å²) in [6.07, 6.45) is 0. The Morgan fingerprint density at radius 1 is 1.29 bits per heavy atom. The van der Waals surface area contributed by atoms with E-state index in [0.29, 0.717) is 0 Å². The molecular formula is C13H20N2O2. The lowest BCUT2D eigenvalue weighted by Gasteiger charge is -2.39. The zero-order valence-corrected chi connectivity index (χ0v) is 10.5. The van der Waals surface area contributed by atoms with E-state index < -0.39 is 0 Å². The Balaban J connectivity index is 2.06. The van der Waals surface area contributed by atoms with E-state index in [-0.39, 0.29) is 12.6 Å². The molecule has 1 aliphatic rings. The zero-order valence-electron chi connectivity index (χ0n) is 10.5. The number of rotatable bonds is 3. The molecule has 1 aliphatic heterocycles. The Hall–Kier alpha value is -1.26. The molecule has 1 fully saturated rings. The molecule has 1 heterocycles. The van der Waals surface area contributed by atoms with Gasteiger partial charge in [-0.2, -0.15) is 0 Å². The SMILES string of the molecule is COc1ccc(N2CCN(C)C(CO)C2)cc1. The van der Waals surface area contributed by atoms with Crippen LogP contribution in [0.2, 0.25) is 0 Å². The molecule has 1 saturated heterocycles. The smallest absolute Gasteiger partial charge is 0.119 e. The average molecular weight is 236 g/mol. The first-order chi connectivity index (χ1) is 8.24. The molecule has 0 aromatic heterocycles. The normalized spacial score (nSPS) is 21.6. The molecule has 1 aromatic carbocycles. The first kappa shape index (κ1) is 12.2. The predicted octanol–water partition coefficient (Wildman–Crippen LogP) is 0.808. The second-order valence-electron chi connectivity index (χ2n) is 4.46. The fraction of sp³-hybridized carbons (Fsp3) is 0.538. The molecule has 1 unspecified atom stereocenters. The number of piperazine rings is 1. The van der Waals surface area contributed by atoms with Crippen LogP contribution in [0.5, 0.6) is 5.75 Å². The number of benzene rings is 1. The van der Waals surface area contributed by atoms with Gasteiger partial charge in [0.25, 0.3) is 0 Å². The van der Waals surface area contributed by atoms with Crippen LogP contribution in [-0.2, 0) is 0 Å². The molecule has 4 nitrogen and oxygen atoms in total. The van der Waals surface area contributed by atoms with Gasteiger partial charge >= 0.3 is 0 Å². The van der Waals surface area contributed by atoms with Crippen molar-refractivity contribution in [2.75, 3.05) is 45.3 Å². The summed E-state index contributed by atoms with van der Waals surface area (Å²) in [6, 6.07) is 8.31. The van der Waals surface area contributed by atoms with Gasteiger partial charge in [0.15, 0.2) is 0 Å². The summed E-state index contributed by atoms with van der Waals surface area (Å²) >= 11 is 0. The second-order valence-corrected chi connectivity index (χ2v) is 4.46. The lowest BCUT2D eigenvalue weighted by Crippen LogP contribution is -2.53. The Morgan fingerprint density at radius 2 is 2.00 bits per heavy atom. The van der Waals surface area contributed by atoms with Crippen LogP contribution in [0.4, 0.5) is 5.69 Å². The Morgan fingerprint density at radius 3 is 2.59 bits per heavy atom. The van der Waals surface area contributed by atoms with Crippen LogP contribution in [0.15, 0.2) is 24.3 Å². The van der Waals surface area contributed by atoms with Crippen LogP contribution >= 0.6 is 0 Å². The van der Waals surface area contributed by atoms with E-state index >= 15 is 0 Å². The average Bonchev–Trinajstić information content (AvgIpc) is 2.39. The van der Waals surface area contributed by atoms with Crippen molar-refractivity contribution in [3.05, 3.63) is 24.3 Å². The molecule has 0 amide bonds. The van der Waals surface area contributed by atoms with Gasteiger partial charge in [-0.05, 0) is 31.3 Å². The quantitative estimate of drug-likeness (QED) is 0.842. The molecule has 0 bridgehead atoms. The molecule has 0 saturated carbocycles. The van der Waals surface area contributed by atoms with E-state index in [1.165, 1.54) is 5.69 Å². The number of hydrogen-bond acceptors (Lipinski definition) is 4. The second kappa shape index (κ2) is 5.38. The van der Waals surface area contributed by atoms with Crippen molar-refractivity contribution in [2.24, 2.45) is 0 Å². The van der Waals surface area contributed by atoms with Gasteiger partial charge in [-0.3, -0.25) is 4.90 Å². The minimum atomic E-state index is 0.211. The van der Waals surface area contributed by atoms with Crippen LogP contribution in [0, 0.1) is 0 Å². The summed E-state index contributed by atoms with van der Waals surface area (Å²) in [7, 11) is 3.74. The van der Waals surface area contributed by atoms with Crippen molar-refractivity contribution in [2.45, 2.75) is 6.04 Å². The van der Waals surface area contributed by atoms with Crippen LogP contribution in [0.3, 0.4) is 0 Å². The molecule has 2 rings (SSSR count). The first-order valence-electron chi connectivity index (χ1n) is 5.94. The van der Waals surface area contributed by atoms with Crippen molar-refractivity contribution in [3.8, 4) is 5.75 Å². The molecule has 94 valence electrons. The number of nitrogens with zero attached hydrogens (tertiary/aromatic N) is 2. The highest BCUT2D eigenvalue weighted by atomic mass is 16.5. The van der Waals surface area contributed by atoms with Crippen LogP contribution in [0.25, 0.3) is 0 Å². The molecule has 0 spiro atoms. The number of likely N-dealkylation sites (N-methyl/N-ethyl adjacent to an activating group) is 1. The van der Waals surface area contributed by atoms with Gasteiger partial charge in [-0.25, -0.2) is 0 Å². The maximum atomic E-state index is 9.32. The minimum absolute atomic E-state index is 0.211. The van der Waals surface area contributed by atoms with Gasteiger partial charge in [0.05, 0.1) is 19.8 Å². The molecule has 1 N–H and O–H groups in total. The molecule has 17 heavy (non-hydrogen) atoms. The van der Waals surface area contributed by atoms with E-state index in [0.717, 1.165) is 25.4 Å². The van der Waals surface area contributed by atoms with Gasteiger partial charge in [0, 0.05) is 25.3 Å². The van der Waals surface area contributed by atoms with E-state index in [9.17, 15) is 5.11 Å². The standard InChI is InChI=1S/C13H20N2O2/c1-14-7-8-15(9-12(14)10-16)11-3-5-13(17-2)6-4-11/h3-6,12,16H,7-10H2,1-2H3.